The molecule has 1 heterocycles. The van der Waals surface area contributed by atoms with Gasteiger partial charge in [0, 0.05) is 6.20 Å². The molecule has 0 unspecified atom stereocenters. The van der Waals surface area contributed by atoms with Gasteiger partial charge in [-0.3, -0.25) is 0 Å². The van der Waals surface area contributed by atoms with Gasteiger partial charge in [-0.05, 0) is 24.3 Å². The SMILES string of the molecule is COC(=O)C1=C(C(=O)OC)N(c2c(C#N)ccc(C(F)(F)F)c2F)C=CC=C1. The van der Waals surface area contributed by atoms with Gasteiger partial charge in [0.15, 0.2) is 5.82 Å². The Morgan fingerprint density at radius 2 is 1.75 bits per heavy atom. The van der Waals surface area contributed by atoms with Gasteiger partial charge in [0.25, 0.3) is 0 Å². The van der Waals surface area contributed by atoms with Crippen molar-refractivity contribution in [2.75, 3.05) is 19.1 Å². The number of halogens is 4. The maximum absolute atomic E-state index is 14.8. The average molecular weight is 396 g/mol. The van der Waals surface area contributed by atoms with Crippen LogP contribution < -0.4 is 4.90 Å². The third kappa shape index (κ3) is 3.73. The van der Waals surface area contributed by atoms with Crippen molar-refractivity contribution in [3.63, 3.8) is 0 Å². The van der Waals surface area contributed by atoms with Crippen LogP contribution in [0.25, 0.3) is 0 Å². The summed E-state index contributed by atoms with van der Waals surface area (Å²) in [5, 5.41) is 9.25. The van der Waals surface area contributed by atoms with Crippen LogP contribution in [0.1, 0.15) is 11.1 Å². The zero-order valence-electron chi connectivity index (χ0n) is 14.5. The molecule has 0 spiro atoms. The Labute approximate surface area is 156 Å². The first-order valence-electron chi connectivity index (χ1n) is 7.52. The number of carbonyl (C=O) groups is 2. The van der Waals surface area contributed by atoms with Gasteiger partial charge < -0.3 is 14.4 Å². The van der Waals surface area contributed by atoms with E-state index in [4.69, 9.17) is 0 Å². The van der Waals surface area contributed by atoms with E-state index >= 15 is 0 Å². The van der Waals surface area contributed by atoms with Crippen molar-refractivity contribution in [3.8, 4) is 6.07 Å². The van der Waals surface area contributed by atoms with Crippen molar-refractivity contribution in [2.45, 2.75) is 6.18 Å². The van der Waals surface area contributed by atoms with Crippen LogP contribution in [0.2, 0.25) is 0 Å². The standard InChI is InChI=1S/C18H12F4N2O4/c1-27-16(25)11-5-3-4-8-24(15(11)17(26)28-2)14-10(9-23)6-7-12(13(14)19)18(20,21)22/h3-8H,1-2H3. The zero-order valence-corrected chi connectivity index (χ0v) is 14.5. The lowest BCUT2D eigenvalue weighted by molar-refractivity contribution is -0.140. The van der Waals surface area contributed by atoms with Crippen molar-refractivity contribution >= 4 is 17.6 Å². The number of benzene rings is 1. The van der Waals surface area contributed by atoms with Gasteiger partial charge in [-0.2, -0.15) is 18.4 Å². The second kappa shape index (κ2) is 7.96. The molecule has 146 valence electrons. The van der Waals surface area contributed by atoms with Crippen LogP contribution in [-0.4, -0.2) is 26.2 Å². The topological polar surface area (TPSA) is 79.6 Å². The molecule has 10 heteroatoms. The molecule has 0 saturated carbocycles. The number of nitriles is 1. The van der Waals surface area contributed by atoms with Crippen molar-refractivity contribution in [3.05, 3.63) is 64.8 Å². The number of nitrogens with zero attached hydrogens (tertiary/aromatic N) is 2. The fourth-order valence-corrected chi connectivity index (χ4v) is 2.45. The van der Waals surface area contributed by atoms with Crippen LogP contribution in [0.3, 0.4) is 0 Å². The van der Waals surface area contributed by atoms with E-state index in [2.05, 4.69) is 9.47 Å². The van der Waals surface area contributed by atoms with Gasteiger partial charge in [0.05, 0.1) is 30.9 Å². The monoisotopic (exact) mass is 396 g/mol. The fraction of sp³-hybridized carbons (Fsp3) is 0.167. The Kier molecular flexibility index (Phi) is 5.88. The summed E-state index contributed by atoms with van der Waals surface area (Å²) in [5.74, 6) is -3.96. The van der Waals surface area contributed by atoms with E-state index in [-0.39, 0.29) is 0 Å². The molecule has 0 atom stereocenters. The van der Waals surface area contributed by atoms with Gasteiger partial charge in [-0.25, -0.2) is 14.0 Å². The van der Waals surface area contributed by atoms with Gasteiger partial charge in [0.2, 0.25) is 0 Å². The van der Waals surface area contributed by atoms with Crippen molar-refractivity contribution in [2.24, 2.45) is 0 Å². The molecule has 2 rings (SSSR count). The number of allylic oxidation sites excluding steroid dienone is 2. The van der Waals surface area contributed by atoms with E-state index in [0.29, 0.717) is 11.0 Å². The summed E-state index contributed by atoms with van der Waals surface area (Å²) in [6.45, 7) is 0. The normalized spacial score (nSPS) is 13.8. The molecule has 0 fully saturated rings. The minimum Gasteiger partial charge on any atom is -0.465 e. The first-order chi connectivity index (χ1) is 13.2. The van der Waals surface area contributed by atoms with Gasteiger partial charge >= 0.3 is 18.1 Å². The Morgan fingerprint density at radius 1 is 1.11 bits per heavy atom. The molecule has 1 aromatic rings. The molecular formula is C18H12F4N2O4. The van der Waals surface area contributed by atoms with E-state index in [0.717, 1.165) is 32.6 Å². The number of anilines is 1. The highest BCUT2D eigenvalue weighted by Crippen LogP contribution is 2.39. The molecule has 6 nitrogen and oxygen atoms in total. The highest BCUT2D eigenvalue weighted by Gasteiger charge is 2.38. The van der Waals surface area contributed by atoms with Crippen molar-refractivity contribution in [1.29, 1.82) is 5.26 Å². The highest BCUT2D eigenvalue weighted by atomic mass is 19.4. The summed E-state index contributed by atoms with van der Waals surface area (Å²) in [4.78, 5) is 25.0. The Balaban J connectivity index is 2.89. The molecular weight excluding hydrogens is 384 g/mol. The van der Waals surface area contributed by atoms with Gasteiger partial charge in [-0.15, -0.1) is 0 Å². The lowest BCUT2D eigenvalue weighted by Crippen LogP contribution is -2.29. The lowest BCUT2D eigenvalue weighted by atomic mass is 10.1. The van der Waals surface area contributed by atoms with Crippen molar-refractivity contribution < 1.29 is 36.6 Å². The second-order valence-electron chi connectivity index (χ2n) is 5.25. The molecule has 0 aromatic heterocycles. The van der Waals surface area contributed by atoms with E-state index in [9.17, 15) is 32.4 Å². The summed E-state index contributed by atoms with van der Waals surface area (Å²) in [6.07, 6.45) is -0.363. The molecule has 0 N–H and O–H groups in total. The number of alkyl halides is 3. The molecule has 1 aliphatic heterocycles. The average Bonchev–Trinajstić information content (AvgIpc) is 2.88. The number of hydrogen-bond donors (Lipinski definition) is 0. The Morgan fingerprint density at radius 3 is 2.29 bits per heavy atom. The van der Waals surface area contributed by atoms with Gasteiger partial charge in [-0.1, -0.05) is 6.08 Å². The van der Waals surface area contributed by atoms with E-state index < -0.39 is 52.0 Å². The minimum absolute atomic E-state index is 0.403. The predicted molar refractivity (Wildman–Crippen MR) is 87.9 cm³/mol. The third-order valence-corrected chi connectivity index (χ3v) is 3.67. The van der Waals surface area contributed by atoms with Crippen LogP contribution in [-0.2, 0) is 25.2 Å². The quantitative estimate of drug-likeness (QED) is 0.577. The Hall–Kier alpha value is -3.61. The van der Waals surface area contributed by atoms with Crippen LogP contribution in [0.4, 0.5) is 23.2 Å². The second-order valence-corrected chi connectivity index (χ2v) is 5.25. The predicted octanol–water partition coefficient (Wildman–Crippen LogP) is 3.21. The summed E-state index contributed by atoms with van der Waals surface area (Å²) in [5.41, 5.74) is -4.02. The van der Waals surface area contributed by atoms with Crippen LogP contribution in [0.5, 0.6) is 0 Å². The maximum Gasteiger partial charge on any atom is 0.419 e. The van der Waals surface area contributed by atoms with Crippen molar-refractivity contribution in [1.82, 2.24) is 0 Å². The lowest BCUT2D eigenvalue weighted by Gasteiger charge is -2.25. The van der Waals surface area contributed by atoms with Crippen LogP contribution in [0, 0.1) is 17.1 Å². The molecule has 0 aliphatic carbocycles. The largest absolute Gasteiger partial charge is 0.465 e. The molecule has 0 amide bonds. The number of ether oxygens (including phenoxy) is 2. The highest BCUT2D eigenvalue weighted by molar-refractivity contribution is 6.05. The summed E-state index contributed by atoms with van der Waals surface area (Å²) in [7, 11) is 1.99. The molecule has 0 radical (unpaired) electrons. The maximum atomic E-state index is 14.8. The van der Waals surface area contributed by atoms with E-state index in [1.165, 1.54) is 12.2 Å². The molecule has 0 bridgehead atoms. The van der Waals surface area contributed by atoms with E-state index in [1.807, 2.05) is 0 Å². The summed E-state index contributed by atoms with van der Waals surface area (Å²) >= 11 is 0. The number of methoxy groups -OCH3 is 2. The minimum atomic E-state index is -5.05. The molecule has 28 heavy (non-hydrogen) atoms. The molecule has 1 aromatic carbocycles. The first-order valence-corrected chi connectivity index (χ1v) is 7.52. The Bertz CT molecular complexity index is 956. The smallest absolute Gasteiger partial charge is 0.419 e. The zero-order chi connectivity index (χ0) is 21.1. The molecule has 1 aliphatic rings. The third-order valence-electron chi connectivity index (χ3n) is 3.67. The fourth-order valence-electron chi connectivity index (χ4n) is 2.45. The summed E-state index contributed by atoms with van der Waals surface area (Å²) < 4.78 is 63.4. The van der Waals surface area contributed by atoms with Gasteiger partial charge in [0.1, 0.15) is 17.5 Å². The van der Waals surface area contributed by atoms with E-state index in [1.54, 1.807) is 6.07 Å². The number of rotatable bonds is 3. The van der Waals surface area contributed by atoms with Crippen LogP contribution in [0.15, 0.2) is 47.8 Å². The number of carbonyl (C=O) groups excluding carboxylic acids is 2. The number of esters is 2. The first kappa shape index (κ1) is 20.7. The summed E-state index contributed by atoms with van der Waals surface area (Å²) in [6, 6.07) is 2.75. The number of hydrogen-bond acceptors (Lipinski definition) is 6. The van der Waals surface area contributed by atoms with Crippen LogP contribution >= 0.6 is 0 Å². The molecule has 0 saturated heterocycles.